The van der Waals surface area contributed by atoms with Gasteiger partial charge in [-0.05, 0) is 13.8 Å². The van der Waals surface area contributed by atoms with Crippen LogP contribution in [0, 0.1) is 0 Å². The van der Waals surface area contributed by atoms with Crippen LogP contribution in [-0.4, -0.2) is 25.9 Å². The second-order valence-electron chi connectivity index (χ2n) is 1.97. The summed E-state index contributed by atoms with van der Waals surface area (Å²) < 4.78 is 33.3. The molecule has 0 aromatic rings. The van der Waals surface area contributed by atoms with Crippen molar-refractivity contribution in [3.63, 3.8) is 0 Å². The second kappa shape index (κ2) is 6.49. The molecule has 0 unspecified atom stereocenters. The summed E-state index contributed by atoms with van der Waals surface area (Å²) in [6.07, 6.45) is -3.45. The molecule has 0 radical (unpaired) electrons. The lowest BCUT2D eigenvalue weighted by atomic mass is 10.4. The van der Waals surface area contributed by atoms with Gasteiger partial charge < -0.3 is 9.47 Å². The third kappa shape index (κ3) is 6.19. The number of alkyl halides is 2. The molecule has 0 aromatic heterocycles. The molecule has 0 heterocycles. The van der Waals surface area contributed by atoms with Crippen LogP contribution in [0.1, 0.15) is 20.3 Å². The van der Waals surface area contributed by atoms with Crippen molar-refractivity contribution < 1.29 is 18.3 Å². The first-order valence-electron chi connectivity index (χ1n) is 3.72. The van der Waals surface area contributed by atoms with Crippen LogP contribution < -0.4 is 0 Å². The molecule has 0 aliphatic rings. The molecule has 0 rings (SSSR count). The predicted molar refractivity (Wildman–Crippen MR) is 37.7 cm³/mol. The molecule has 0 fully saturated rings. The van der Waals surface area contributed by atoms with E-state index in [-0.39, 0.29) is 6.42 Å². The van der Waals surface area contributed by atoms with Gasteiger partial charge in [0.2, 0.25) is 6.43 Å². The molecule has 0 bridgehead atoms. The normalized spacial score (nSPS) is 11.5. The molecule has 0 spiro atoms. The number of halogens is 2. The number of hydrogen-bond donors (Lipinski definition) is 0. The van der Waals surface area contributed by atoms with Gasteiger partial charge in [-0.2, -0.15) is 0 Å². The zero-order valence-electron chi connectivity index (χ0n) is 6.85. The zero-order chi connectivity index (χ0) is 8.69. The maximum Gasteiger partial charge on any atom is 0.243 e. The van der Waals surface area contributed by atoms with E-state index in [1.807, 2.05) is 0 Å². The van der Waals surface area contributed by atoms with Gasteiger partial charge in [-0.25, -0.2) is 8.78 Å². The van der Waals surface area contributed by atoms with Crippen molar-refractivity contribution in [1.82, 2.24) is 0 Å². The Balaban J connectivity index is 3.50. The van der Waals surface area contributed by atoms with Gasteiger partial charge >= 0.3 is 0 Å². The largest absolute Gasteiger partial charge is 0.353 e. The molecule has 0 N–H and O–H groups in total. The summed E-state index contributed by atoms with van der Waals surface area (Å²) in [5.41, 5.74) is 0. The van der Waals surface area contributed by atoms with Crippen molar-refractivity contribution in [1.29, 1.82) is 0 Å². The molecule has 4 heteroatoms. The monoisotopic (exact) mass is 168 g/mol. The fourth-order valence-electron chi connectivity index (χ4n) is 0.701. The van der Waals surface area contributed by atoms with E-state index >= 15 is 0 Å². The number of hydrogen-bond acceptors (Lipinski definition) is 2. The first-order chi connectivity index (χ1) is 5.20. The summed E-state index contributed by atoms with van der Waals surface area (Å²) >= 11 is 0. The van der Waals surface area contributed by atoms with Gasteiger partial charge in [0.05, 0.1) is 6.42 Å². The van der Waals surface area contributed by atoms with Crippen molar-refractivity contribution in [3.8, 4) is 0 Å². The van der Waals surface area contributed by atoms with E-state index in [1.165, 1.54) is 0 Å². The van der Waals surface area contributed by atoms with E-state index < -0.39 is 12.7 Å². The van der Waals surface area contributed by atoms with E-state index in [0.717, 1.165) is 0 Å². The lowest BCUT2D eigenvalue weighted by Gasteiger charge is -2.15. The first-order valence-corrected chi connectivity index (χ1v) is 3.72. The summed E-state index contributed by atoms with van der Waals surface area (Å²) in [6, 6.07) is 0. The average Bonchev–Trinajstić information content (AvgIpc) is 1.87. The molecule has 0 amide bonds. The number of rotatable bonds is 6. The van der Waals surface area contributed by atoms with Gasteiger partial charge in [0.15, 0.2) is 6.29 Å². The Hall–Kier alpha value is -0.220. The second-order valence-corrected chi connectivity index (χ2v) is 1.97. The highest BCUT2D eigenvalue weighted by Crippen LogP contribution is 2.08. The van der Waals surface area contributed by atoms with E-state index in [4.69, 9.17) is 9.47 Å². The molecular weight excluding hydrogens is 154 g/mol. The van der Waals surface area contributed by atoms with Crippen LogP contribution in [0.2, 0.25) is 0 Å². The summed E-state index contributed by atoms with van der Waals surface area (Å²) in [5.74, 6) is 0. The van der Waals surface area contributed by atoms with Crippen LogP contribution in [0.25, 0.3) is 0 Å². The van der Waals surface area contributed by atoms with Crippen molar-refractivity contribution in [2.24, 2.45) is 0 Å². The Bertz CT molecular complexity index is 82.5. The summed E-state index contributed by atoms with van der Waals surface area (Å²) in [7, 11) is 0. The molecular formula is C7H14F2O2. The Labute approximate surface area is 65.5 Å². The molecule has 0 atom stereocenters. The Kier molecular flexibility index (Phi) is 6.36. The zero-order valence-corrected chi connectivity index (χ0v) is 6.85. The van der Waals surface area contributed by atoms with Crippen LogP contribution in [0.4, 0.5) is 8.78 Å². The fraction of sp³-hybridized carbons (Fsp3) is 1.00. The third-order valence-corrected chi connectivity index (χ3v) is 1.08. The molecule has 0 saturated heterocycles. The van der Waals surface area contributed by atoms with Crippen LogP contribution in [0.15, 0.2) is 0 Å². The van der Waals surface area contributed by atoms with Gasteiger partial charge in [0, 0.05) is 13.2 Å². The predicted octanol–water partition coefficient (Wildman–Crippen LogP) is 2.04. The molecule has 0 aliphatic carbocycles. The Morgan fingerprint density at radius 3 is 1.82 bits per heavy atom. The molecule has 2 nitrogen and oxygen atoms in total. The maximum atomic E-state index is 11.8. The Morgan fingerprint density at radius 1 is 1.09 bits per heavy atom. The maximum absolute atomic E-state index is 11.8. The van der Waals surface area contributed by atoms with E-state index in [0.29, 0.717) is 13.2 Å². The molecule has 0 saturated carbocycles. The van der Waals surface area contributed by atoms with Gasteiger partial charge in [-0.1, -0.05) is 0 Å². The van der Waals surface area contributed by atoms with Gasteiger partial charge in [-0.3, -0.25) is 0 Å². The van der Waals surface area contributed by atoms with Crippen molar-refractivity contribution >= 4 is 0 Å². The van der Waals surface area contributed by atoms with Crippen LogP contribution >= 0.6 is 0 Å². The standard InChI is InChI=1S/C7H14F2O2/c1-3-10-7(11-4-2)5-6(8)9/h6-7H,3-5H2,1-2H3. The van der Waals surface area contributed by atoms with Gasteiger partial charge in [-0.15, -0.1) is 0 Å². The highest BCUT2D eigenvalue weighted by atomic mass is 19.3. The van der Waals surface area contributed by atoms with Crippen LogP contribution in [-0.2, 0) is 9.47 Å². The smallest absolute Gasteiger partial charge is 0.243 e. The first kappa shape index (κ1) is 10.8. The van der Waals surface area contributed by atoms with Crippen molar-refractivity contribution in [2.75, 3.05) is 13.2 Å². The Morgan fingerprint density at radius 2 is 1.55 bits per heavy atom. The molecule has 11 heavy (non-hydrogen) atoms. The van der Waals surface area contributed by atoms with E-state index in [1.54, 1.807) is 13.8 Å². The molecule has 0 aliphatic heterocycles. The van der Waals surface area contributed by atoms with Crippen molar-refractivity contribution in [2.45, 2.75) is 33.0 Å². The van der Waals surface area contributed by atoms with Gasteiger partial charge in [0.1, 0.15) is 0 Å². The number of ether oxygens (including phenoxy) is 2. The van der Waals surface area contributed by atoms with Crippen molar-refractivity contribution in [3.05, 3.63) is 0 Å². The fourth-order valence-corrected chi connectivity index (χ4v) is 0.701. The lowest BCUT2D eigenvalue weighted by molar-refractivity contribution is -0.156. The van der Waals surface area contributed by atoms with E-state index in [9.17, 15) is 8.78 Å². The lowest BCUT2D eigenvalue weighted by Crippen LogP contribution is -2.20. The van der Waals surface area contributed by atoms with Crippen LogP contribution in [0.3, 0.4) is 0 Å². The van der Waals surface area contributed by atoms with Gasteiger partial charge in [0.25, 0.3) is 0 Å². The summed E-state index contributed by atoms with van der Waals surface area (Å²) in [4.78, 5) is 0. The topological polar surface area (TPSA) is 18.5 Å². The third-order valence-electron chi connectivity index (χ3n) is 1.08. The SMILES string of the molecule is CCOC(CC(F)F)OCC. The van der Waals surface area contributed by atoms with E-state index in [2.05, 4.69) is 0 Å². The van der Waals surface area contributed by atoms with Crippen LogP contribution in [0.5, 0.6) is 0 Å². The average molecular weight is 168 g/mol. The quantitative estimate of drug-likeness (QED) is 0.565. The minimum absolute atomic E-state index is 0.346. The minimum Gasteiger partial charge on any atom is -0.353 e. The summed E-state index contributed by atoms with van der Waals surface area (Å²) in [6.45, 7) is 4.30. The minimum atomic E-state index is -2.36. The molecule has 68 valence electrons. The molecule has 0 aromatic carbocycles. The highest BCUT2D eigenvalue weighted by Gasteiger charge is 2.14. The summed E-state index contributed by atoms with van der Waals surface area (Å²) in [5, 5.41) is 0. The highest BCUT2D eigenvalue weighted by molar-refractivity contribution is 4.46.